The first-order valence-corrected chi connectivity index (χ1v) is 9.08. The molecule has 2 aromatic carbocycles. The second-order valence-corrected chi connectivity index (χ2v) is 6.99. The number of aliphatic carboxylic acids is 2. The number of nitrogens with one attached hydrogen (secondary N) is 1. The lowest BCUT2D eigenvalue weighted by molar-refractivity contribution is -0.159. The van der Waals surface area contributed by atoms with Crippen LogP contribution in [-0.4, -0.2) is 35.2 Å². The van der Waals surface area contributed by atoms with Gasteiger partial charge < -0.3 is 15.5 Å². The van der Waals surface area contributed by atoms with Gasteiger partial charge in [0.1, 0.15) is 11.6 Å². The third-order valence-corrected chi connectivity index (χ3v) is 5.07. The summed E-state index contributed by atoms with van der Waals surface area (Å²) in [5.74, 6) is -3.68. The molecule has 0 aliphatic carbocycles. The molecule has 27 heavy (non-hydrogen) atoms. The molecule has 1 fully saturated rings. The van der Waals surface area contributed by atoms with Crippen LogP contribution in [0.5, 0.6) is 0 Å². The smallest absolute Gasteiger partial charge is 0.414 e. The highest BCUT2D eigenvalue weighted by molar-refractivity contribution is 7.99. The molecule has 8 heteroatoms. The van der Waals surface area contributed by atoms with E-state index in [1.54, 1.807) is 30.0 Å². The van der Waals surface area contributed by atoms with E-state index in [9.17, 15) is 8.78 Å². The van der Waals surface area contributed by atoms with Gasteiger partial charge in [0.25, 0.3) is 0 Å². The maximum absolute atomic E-state index is 13.6. The SMILES string of the molecule is Fc1ccc(Sc2ccc(F)cc2C2CCNCC2)cc1.O=C(O)C(=O)O. The molecule has 144 valence electrons. The molecule has 0 radical (unpaired) electrons. The van der Waals surface area contributed by atoms with Crippen LogP contribution in [0.15, 0.2) is 52.3 Å². The molecule has 5 nitrogen and oxygen atoms in total. The Morgan fingerprint density at radius 1 is 0.926 bits per heavy atom. The normalized spacial score (nSPS) is 14.1. The van der Waals surface area contributed by atoms with Crippen molar-refractivity contribution in [3.63, 3.8) is 0 Å². The number of carboxylic acids is 2. The lowest BCUT2D eigenvalue weighted by Gasteiger charge is -2.25. The number of benzene rings is 2. The molecular formula is C19H19F2NO4S. The van der Waals surface area contributed by atoms with Crippen LogP contribution < -0.4 is 5.32 Å². The first kappa shape index (κ1) is 20.9. The number of halogens is 2. The molecule has 0 spiro atoms. The van der Waals surface area contributed by atoms with Crippen LogP contribution in [0.25, 0.3) is 0 Å². The highest BCUT2D eigenvalue weighted by atomic mass is 32.2. The second-order valence-electron chi connectivity index (χ2n) is 5.87. The van der Waals surface area contributed by atoms with Gasteiger partial charge in [0.2, 0.25) is 0 Å². The van der Waals surface area contributed by atoms with Crippen LogP contribution in [0.2, 0.25) is 0 Å². The summed E-state index contributed by atoms with van der Waals surface area (Å²) >= 11 is 1.57. The third-order valence-electron chi connectivity index (χ3n) is 3.98. The van der Waals surface area contributed by atoms with Gasteiger partial charge >= 0.3 is 11.9 Å². The number of carbonyl (C=O) groups is 2. The Kier molecular flexibility index (Phi) is 7.75. The summed E-state index contributed by atoms with van der Waals surface area (Å²) < 4.78 is 26.6. The number of hydrogen-bond donors (Lipinski definition) is 3. The molecule has 3 N–H and O–H groups in total. The van der Waals surface area contributed by atoms with Crippen molar-refractivity contribution in [3.05, 3.63) is 59.7 Å². The summed E-state index contributed by atoms with van der Waals surface area (Å²) in [5.41, 5.74) is 1.07. The summed E-state index contributed by atoms with van der Waals surface area (Å²) in [6, 6.07) is 11.4. The summed E-state index contributed by atoms with van der Waals surface area (Å²) in [5, 5.41) is 18.1. The number of hydrogen-bond acceptors (Lipinski definition) is 4. The van der Waals surface area contributed by atoms with Crippen molar-refractivity contribution in [3.8, 4) is 0 Å². The summed E-state index contributed by atoms with van der Waals surface area (Å²) in [6.45, 7) is 1.95. The van der Waals surface area contributed by atoms with Crippen LogP contribution in [-0.2, 0) is 9.59 Å². The van der Waals surface area contributed by atoms with Gasteiger partial charge in [0.15, 0.2) is 0 Å². The minimum atomic E-state index is -1.82. The number of carboxylic acid groups (broad SMARTS) is 2. The van der Waals surface area contributed by atoms with E-state index in [1.807, 2.05) is 6.07 Å². The monoisotopic (exact) mass is 395 g/mol. The van der Waals surface area contributed by atoms with Gasteiger partial charge in [0.05, 0.1) is 0 Å². The van der Waals surface area contributed by atoms with Crippen molar-refractivity contribution in [2.24, 2.45) is 0 Å². The van der Waals surface area contributed by atoms with E-state index in [1.165, 1.54) is 18.2 Å². The fraction of sp³-hybridized carbons (Fsp3) is 0.263. The highest BCUT2D eigenvalue weighted by Gasteiger charge is 2.19. The number of piperidine rings is 1. The Labute approximate surface area is 159 Å². The minimum absolute atomic E-state index is 0.188. The first-order chi connectivity index (χ1) is 12.9. The second kappa shape index (κ2) is 10.0. The quantitative estimate of drug-likeness (QED) is 0.687. The molecule has 0 unspecified atom stereocenters. The largest absolute Gasteiger partial charge is 0.473 e. The van der Waals surface area contributed by atoms with Crippen LogP contribution in [0.3, 0.4) is 0 Å². The average molecular weight is 395 g/mol. The summed E-state index contributed by atoms with van der Waals surface area (Å²) in [4.78, 5) is 20.2. The Hall–Kier alpha value is -2.45. The van der Waals surface area contributed by atoms with E-state index in [0.29, 0.717) is 5.92 Å². The van der Waals surface area contributed by atoms with Gasteiger partial charge in [-0.05, 0) is 79.9 Å². The molecular weight excluding hydrogens is 376 g/mol. The number of rotatable bonds is 3. The lowest BCUT2D eigenvalue weighted by Crippen LogP contribution is -2.26. The Morgan fingerprint density at radius 3 is 2.04 bits per heavy atom. The molecule has 0 amide bonds. The molecule has 0 aromatic heterocycles. The Bertz CT molecular complexity index is 781. The molecule has 1 aliphatic heterocycles. The van der Waals surface area contributed by atoms with Gasteiger partial charge in [0, 0.05) is 9.79 Å². The van der Waals surface area contributed by atoms with Gasteiger partial charge in [-0.15, -0.1) is 0 Å². The van der Waals surface area contributed by atoms with Crippen molar-refractivity contribution in [2.45, 2.75) is 28.6 Å². The van der Waals surface area contributed by atoms with Crippen molar-refractivity contribution in [1.29, 1.82) is 0 Å². The van der Waals surface area contributed by atoms with E-state index in [0.717, 1.165) is 41.3 Å². The summed E-state index contributed by atoms with van der Waals surface area (Å²) in [7, 11) is 0. The van der Waals surface area contributed by atoms with Crippen molar-refractivity contribution < 1.29 is 28.6 Å². The fourth-order valence-corrected chi connectivity index (χ4v) is 3.70. The van der Waals surface area contributed by atoms with E-state index >= 15 is 0 Å². The van der Waals surface area contributed by atoms with Crippen LogP contribution in [0, 0.1) is 11.6 Å². The van der Waals surface area contributed by atoms with Gasteiger partial charge in [-0.3, -0.25) is 0 Å². The molecule has 0 atom stereocenters. The third kappa shape index (κ3) is 6.65. The Balaban J connectivity index is 0.000000380. The molecule has 0 bridgehead atoms. The van der Waals surface area contributed by atoms with Crippen molar-refractivity contribution in [2.75, 3.05) is 13.1 Å². The zero-order chi connectivity index (χ0) is 19.8. The molecule has 3 rings (SSSR count). The zero-order valence-corrected chi connectivity index (χ0v) is 15.1. The lowest BCUT2D eigenvalue weighted by atomic mass is 9.90. The molecule has 1 heterocycles. The fourth-order valence-electron chi connectivity index (χ4n) is 2.69. The topological polar surface area (TPSA) is 86.6 Å². The maximum atomic E-state index is 13.6. The predicted octanol–water partition coefficient (Wildman–Crippen LogP) is 3.74. The highest BCUT2D eigenvalue weighted by Crippen LogP contribution is 2.37. The van der Waals surface area contributed by atoms with Crippen LogP contribution in [0.1, 0.15) is 24.3 Å². The maximum Gasteiger partial charge on any atom is 0.414 e. The Morgan fingerprint density at radius 2 is 1.48 bits per heavy atom. The molecule has 0 saturated carbocycles. The van der Waals surface area contributed by atoms with Gasteiger partial charge in [-0.2, -0.15) is 0 Å². The molecule has 2 aromatic rings. The molecule has 1 aliphatic rings. The van der Waals surface area contributed by atoms with Crippen molar-refractivity contribution >= 4 is 23.7 Å². The zero-order valence-electron chi connectivity index (χ0n) is 14.3. The predicted molar refractivity (Wildman–Crippen MR) is 97.0 cm³/mol. The van der Waals surface area contributed by atoms with E-state index in [2.05, 4.69) is 5.32 Å². The van der Waals surface area contributed by atoms with Crippen molar-refractivity contribution in [1.82, 2.24) is 5.32 Å². The standard InChI is InChI=1S/C17H17F2NS.C2H2O4/c18-13-1-4-15(5-2-13)21-17-6-3-14(19)11-16(17)12-7-9-20-10-8-12;3-1(4)2(5)6/h1-6,11-12,20H,7-10H2;(H,3,4)(H,5,6). The van der Waals surface area contributed by atoms with Gasteiger partial charge in [-0.25, -0.2) is 18.4 Å². The van der Waals surface area contributed by atoms with Gasteiger partial charge in [-0.1, -0.05) is 11.8 Å². The van der Waals surface area contributed by atoms with E-state index in [4.69, 9.17) is 19.8 Å². The average Bonchev–Trinajstić information content (AvgIpc) is 2.66. The minimum Gasteiger partial charge on any atom is -0.473 e. The van der Waals surface area contributed by atoms with Crippen LogP contribution in [0.4, 0.5) is 8.78 Å². The first-order valence-electron chi connectivity index (χ1n) is 8.26. The molecule has 1 saturated heterocycles. The van der Waals surface area contributed by atoms with Crippen LogP contribution >= 0.6 is 11.8 Å². The van der Waals surface area contributed by atoms with E-state index in [-0.39, 0.29) is 11.6 Å². The van der Waals surface area contributed by atoms with E-state index < -0.39 is 11.9 Å². The summed E-state index contributed by atoms with van der Waals surface area (Å²) in [6.07, 6.45) is 2.06.